The second kappa shape index (κ2) is 5.98. The van der Waals surface area contributed by atoms with E-state index in [-0.39, 0.29) is 0 Å². The predicted octanol–water partition coefficient (Wildman–Crippen LogP) is 1.94. The van der Waals surface area contributed by atoms with Crippen molar-refractivity contribution in [2.24, 2.45) is 23.8 Å². The van der Waals surface area contributed by atoms with E-state index in [1.54, 1.807) is 6.34 Å². The molecule has 2 aliphatic heterocycles. The number of hydrogen-bond donors (Lipinski definition) is 2. The van der Waals surface area contributed by atoms with Crippen LogP contribution in [0.1, 0.15) is 44.6 Å². The van der Waals surface area contributed by atoms with Gasteiger partial charge in [-0.3, -0.25) is 20.1 Å². The van der Waals surface area contributed by atoms with E-state index in [0.717, 1.165) is 22.7 Å². The van der Waals surface area contributed by atoms with Gasteiger partial charge in [0.05, 0.1) is 17.9 Å². The highest BCUT2D eigenvalue weighted by molar-refractivity contribution is 5.77. The van der Waals surface area contributed by atoms with Crippen LogP contribution in [-0.2, 0) is 7.05 Å². The largest absolute Gasteiger partial charge is 0.295 e. The number of aromatic nitrogens is 2. The molecular weight excluding hydrogens is 302 g/mol. The van der Waals surface area contributed by atoms with Crippen LogP contribution < -0.4 is 11.3 Å². The number of nitrogens with two attached hydrogens (primary N) is 1. The third kappa shape index (κ3) is 2.58. The number of hydrazine groups is 2. The van der Waals surface area contributed by atoms with Crippen molar-refractivity contribution in [3.8, 4) is 0 Å². The lowest BCUT2D eigenvalue weighted by Crippen LogP contribution is -2.44. The smallest absolute Gasteiger partial charge is 0.117 e. The number of rotatable bonds is 3. The molecule has 1 atom stereocenters. The van der Waals surface area contributed by atoms with Gasteiger partial charge in [0.1, 0.15) is 17.7 Å². The molecule has 0 amide bonds. The minimum atomic E-state index is 0.391. The van der Waals surface area contributed by atoms with Crippen LogP contribution in [0.2, 0.25) is 0 Å². The Morgan fingerprint density at radius 3 is 2.79 bits per heavy atom. The molecule has 0 spiro atoms. The molecule has 1 aliphatic carbocycles. The first-order chi connectivity index (χ1) is 11.6. The molecule has 3 heterocycles. The van der Waals surface area contributed by atoms with Gasteiger partial charge in [-0.15, -0.1) is 0 Å². The quantitative estimate of drug-likeness (QED) is 0.830. The molecular formula is C17H25N7. The van der Waals surface area contributed by atoms with Gasteiger partial charge in [0, 0.05) is 25.0 Å². The van der Waals surface area contributed by atoms with Crippen molar-refractivity contribution >= 4 is 12.0 Å². The maximum absolute atomic E-state index is 5.93. The summed E-state index contributed by atoms with van der Waals surface area (Å²) in [4.78, 5) is 4.56. The van der Waals surface area contributed by atoms with Crippen molar-refractivity contribution < 1.29 is 0 Å². The monoisotopic (exact) mass is 327 g/mol. The Morgan fingerprint density at radius 2 is 2.08 bits per heavy atom. The molecule has 0 saturated heterocycles. The molecule has 128 valence electrons. The Bertz CT molecular complexity index is 708. The summed E-state index contributed by atoms with van der Waals surface area (Å²) in [5.74, 6) is 6.63. The number of fused-ring (bicyclic) bond motifs is 1. The summed E-state index contributed by atoms with van der Waals surface area (Å²) in [5, 5.41) is 8.05. The van der Waals surface area contributed by atoms with Gasteiger partial charge in [-0.05, 0) is 25.7 Å². The summed E-state index contributed by atoms with van der Waals surface area (Å²) < 4.78 is 1.81. The normalized spacial score (nSPS) is 22.5. The Hall–Kier alpha value is -2.28. The van der Waals surface area contributed by atoms with Crippen molar-refractivity contribution in [1.29, 1.82) is 0 Å². The van der Waals surface area contributed by atoms with E-state index in [1.807, 2.05) is 30.3 Å². The summed E-state index contributed by atoms with van der Waals surface area (Å²) in [7, 11) is 1.93. The number of nitrogens with one attached hydrogen (secondary N) is 1. The van der Waals surface area contributed by atoms with Crippen molar-refractivity contribution in [2.45, 2.75) is 45.1 Å². The van der Waals surface area contributed by atoms with Gasteiger partial charge in [-0.1, -0.05) is 19.3 Å². The highest BCUT2D eigenvalue weighted by Gasteiger charge is 2.36. The second-order valence-electron chi connectivity index (χ2n) is 6.95. The minimum Gasteiger partial charge on any atom is -0.295 e. The third-order valence-corrected chi connectivity index (χ3v) is 5.30. The van der Waals surface area contributed by atoms with Crippen molar-refractivity contribution in [2.75, 3.05) is 0 Å². The predicted molar refractivity (Wildman–Crippen MR) is 93.7 cm³/mol. The molecule has 1 aromatic heterocycles. The van der Waals surface area contributed by atoms with Crippen LogP contribution in [0.25, 0.3) is 5.70 Å². The van der Waals surface area contributed by atoms with Crippen LogP contribution in [-0.4, -0.2) is 32.2 Å². The van der Waals surface area contributed by atoms with Crippen molar-refractivity contribution in [3.63, 3.8) is 0 Å². The highest BCUT2D eigenvalue weighted by atomic mass is 15.6. The maximum Gasteiger partial charge on any atom is 0.117 e. The first-order valence-corrected chi connectivity index (χ1v) is 8.72. The van der Waals surface area contributed by atoms with Crippen LogP contribution in [0.3, 0.4) is 0 Å². The van der Waals surface area contributed by atoms with Gasteiger partial charge in [0.15, 0.2) is 0 Å². The minimum absolute atomic E-state index is 0.391. The average molecular weight is 327 g/mol. The molecule has 1 aromatic rings. The first kappa shape index (κ1) is 15.3. The van der Waals surface area contributed by atoms with E-state index in [1.165, 1.54) is 37.1 Å². The summed E-state index contributed by atoms with van der Waals surface area (Å²) in [6.45, 7) is 2.30. The molecule has 4 rings (SSSR count). The zero-order valence-electron chi connectivity index (χ0n) is 14.3. The Morgan fingerprint density at radius 1 is 1.29 bits per heavy atom. The molecule has 1 fully saturated rings. The lowest BCUT2D eigenvalue weighted by Gasteiger charge is -2.37. The highest BCUT2D eigenvalue weighted by Crippen LogP contribution is 2.38. The van der Waals surface area contributed by atoms with E-state index in [4.69, 9.17) is 5.84 Å². The molecule has 24 heavy (non-hydrogen) atoms. The fraction of sp³-hybridized carbons (Fsp3) is 0.529. The van der Waals surface area contributed by atoms with Crippen LogP contribution in [0, 0.1) is 5.92 Å². The molecule has 0 bridgehead atoms. The molecule has 3 aliphatic rings. The number of nitrogens with zero attached hydrogens (tertiary/aromatic N) is 5. The lowest BCUT2D eigenvalue weighted by molar-refractivity contribution is 0.146. The Balaban J connectivity index is 1.66. The van der Waals surface area contributed by atoms with Gasteiger partial charge in [-0.25, -0.2) is 10.8 Å². The number of aryl methyl sites for hydroxylation is 1. The van der Waals surface area contributed by atoms with Gasteiger partial charge in [0.25, 0.3) is 0 Å². The van der Waals surface area contributed by atoms with E-state index in [2.05, 4.69) is 27.4 Å². The summed E-state index contributed by atoms with van der Waals surface area (Å²) in [6, 6.07) is 0.391. The van der Waals surface area contributed by atoms with Crippen LogP contribution in [0.4, 0.5) is 0 Å². The van der Waals surface area contributed by atoms with E-state index in [0.29, 0.717) is 12.0 Å². The molecule has 0 radical (unpaired) electrons. The van der Waals surface area contributed by atoms with Crippen LogP contribution in [0.5, 0.6) is 0 Å². The average Bonchev–Trinajstić information content (AvgIpc) is 3.18. The number of hydrogen-bond acceptors (Lipinski definition) is 6. The second-order valence-corrected chi connectivity index (χ2v) is 6.95. The zero-order valence-corrected chi connectivity index (χ0v) is 14.3. The Labute approximate surface area is 142 Å². The summed E-state index contributed by atoms with van der Waals surface area (Å²) in [5.41, 5.74) is 7.59. The topological polar surface area (TPSA) is 74.7 Å². The van der Waals surface area contributed by atoms with E-state index in [9.17, 15) is 0 Å². The third-order valence-electron chi connectivity index (χ3n) is 5.30. The maximum atomic E-state index is 5.93. The SMILES string of the molecule is CC(C1CCCCC1)N1NC(c2cnn(C)c2)=C2N=CN(N)C=C21. The van der Waals surface area contributed by atoms with Gasteiger partial charge in [0.2, 0.25) is 0 Å². The fourth-order valence-electron chi connectivity index (χ4n) is 3.93. The van der Waals surface area contributed by atoms with Gasteiger partial charge in [-0.2, -0.15) is 5.10 Å². The summed E-state index contributed by atoms with van der Waals surface area (Å²) >= 11 is 0. The molecule has 3 N–H and O–H groups in total. The van der Waals surface area contributed by atoms with Crippen LogP contribution >= 0.6 is 0 Å². The lowest BCUT2D eigenvalue weighted by atomic mass is 9.84. The molecule has 1 saturated carbocycles. The fourth-order valence-corrected chi connectivity index (χ4v) is 3.93. The number of aliphatic imine (C=N–C) groups is 1. The van der Waals surface area contributed by atoms with Gasteiger partial charge < -0.3 is 0 Å². The molecule has 7 heteroatoms. The summed E-state index contributed by atoms with van der Waals surface area (Å²) in [6.07, 6.45) is 14.1. The van der Waals surface area contributed by atoms with Crippen molar-refractivity contribution in [1.82, 2.24) is 25.2 Å². The zero-order chi connectivity index (χ0) is 16.7. The van der Waals surface area contributed by atoms with Crippen LogP contribution in [0.15, 0.2) is 35.0 Å². The standard InChI is InChI=1S/C17H25N7/c1-12(13-6-4-3-5-7-13)24-15-10-23(18)11-19-17(15)16(21-24)14-8-20-22(2)9-14/h8-13,21H,3-7,18H2,1-2H3. The molecule has 1 unspecified atom stereocenters. The molecule has 7 nitrogen and oxygen atoms in total. The molecule has 0 aromatic carbocycles. The van der Waals surface area contributed by atoms with Crippen molar-refractivity contribution in [3.05, 3.63) is 35.6 Å². The van der Waals surface area contributed by atoms with E-state index < -0.39 is 0 Å². The van der Waals surface area contributed by atoms with Gasteiger partial charge >= 0.3 is 0 Å². The van der Waals surface area contributed by atoms with E-state index >= 15 is 0 Å². The Kier molecular flexibility index (Phi) is 3.80. The first-order valence-electron chi connectivity index (χ1n) is 8.72.